The second-order valence-corrected chi connectivity index (χ2v) is 3.85. The van der Waals surface area contributed by atoms with Crippen molar-refractivity contribution in [3.63, 3.8) is 0 Å². The first kappa shape index (κ1) is 12.8. The molecule has 0 bridgehead atoms. The lowest BCUT2D eigenvalue weighted by Crippen LogP contribution is -2.07. The normalized spacial score (nSPS) is 9.75. The van der Waals surface area contributed by atoms with E-state index in [0.29, 0.717) is 12.5 Å². The van der Waals surface area contributed by atoms with Crippen LogP contribution in [0.5, 0.6) is 0 Å². The van der Waals surface area contributed by atoms with Gasteiger partial charge in [-0.3, -0.25) is 0 Å². The summed E-state index contributed by atoms with van der Waals surface area (Å²) in [4.78, 5) is 11.8. The number of hydrogen-bond acceptors (Lipinski definition) is 4. The van der Waals surface area contributed by atoms with Crippen LogP contribution < -0.4 is 0 Å². The van der Waals surface area contributed by atoms with Crippen LogP contribution in [0.1, 0.15) is 0 Å². The zero-order valence-electron chi connectivity index (χ0n) is 8.93. The fraction of sp³-hybridized carbons (Fsp3) is 0.250. The lowest BCUT2D eigenvalue weighted by molar-refractivity contribution is -0.139. The van der Waals surface area contributed by atoms with Crippen molar-refractivity contribution in [1.82, 2.24) is 0 Å². The molecule has 1 rings (SSSR count). The highest BCUT2D eigenvalue weighted by Crippen LogP contribution is 2.16. The predicted octanol–water partition coefficient (Wildman–Crippen LogP) is 2.48. The molecule has 16 heavy (non-hydrogen) atoms. The van der Waals surface area contributed by atoms with Crippen molar-refractivity contribution in [1.29, 1.82) is 0 Å². The third-order valence-electron chi connectivity index (χ3n) is 1.69. The first-order valence-electron chi connectivity index (χ1n) is 4.87. The van der Waals surface area contributed by atoms with Gasteiger partial charge in [0.1, 0.15) is 6.61 Å². The monoisotopic (exact) mass is 238 g/mol. The molecule has 0 atom stereocenters. The average Bonchev–Trinajstić information content (AvgIpc) is 2.34. The molecule has 86 valence electrons. The van der Waals surface area contributed by atoms with E-state index in [9.17, 15) is 4.79 Å². The van der Waals surface area contributed by atoms with Crippen molar-refractivity contribution in [3.8, 4) is 0 Å². The van der Waals surface area contributed by atoms with Gasteiger partial charge in [0.15, 0.2) is 0 Å². The number of thioether (sulfide) groups is 1. The Balaban J connectivity index is 2.00. The molecular weight excluding hydrogens is 224 g/mol. The van der Waals surface area contributed by atoms with Crippen molar-refractivity contribution in [2.75, 3.05) is 19.2 Å². The largest absolute Gasteiger partial charge is 0.460 e. The summed E-state index contributed by atoms with van der Waals surface area (Å²) >= 11 is 1.60. The zero-order valence-corrected chi connectivity index (χ0v) is 9.74. The highest BCUT2D eigenvalue weighted by atomic mass is 32.2. The molecule has 0 spiro atoms. The molecule has 0 amide bonds. The van der Waals surface area contributed by atoms with Gasteiger partial charge >= 0.3 is 5.97 Å². The Hall–Kier alpha value is -1.26. The molecule has 0 fully saturated rings. The number of ether oxygens (including phenoxy) is 2. The van der Waals surface area contributed by atoms with E-state index in [1.165, 1.54) is 0 Å². The molecule has 0 aliphatic carbocycles. The minimum atomic E-state index is -0.417. The number of carbonyl (C=O) groups is 1. The summed E-state index contributed by atoms with van der Waals surface area (Å²) in [6.45, 7) is 3.96. The molecule has 0 aliphatic rings. The maximum absolute atomic E-state index is 10.7. The lowest BCUT2D eigenvalue weighted by atomic mass is 10.4. The van der Waals surface area contributed by atoms with Gasteiger partial charge < -0.3 is 9.47 Å². The summed E-state index contributed by atoms with van der Waals surface area (Å²) in [6.07, 6.45) is 1.14. The molecular formula is C12H14O3S. The van der Waals surface area contributed by atoms with Gasteiger partial charge in [0, 0.05) is 11.0 Å². The molecule has 0 radical (unpaired) electrons. The number of carbonyl (C=O) groups excluding carboxylic acids is 1. The highest BCUT2D eigenvalue weighted by Gasteiger charge is 1.95. The molecule has 0 saturated carbocycles. The third-order valence-corrected chi connectivity index (χ3v) is 2.58. The van der Waals surface area contributed by atoms with Gasteiger partial charge in [-0.1, -0.05) is 36.5 Å². The van der Waals surface area contributed by atoms with Crippen LogP contribution in [0, 0.1) is 0 Å². The van der Waals surface area contributed by atoms with Crippen LogP contribution in [0.4, 0.5) is 0 Å². The SMILES string of the molecule is C=CC(=O)OCCOCSc1ccccc1. The number of hydrogen-bond donors (Lipinski definition) is 0. The van der Waals surface area contributed by atoms with Gasteiger partial charge in [0.2, 0.25) is 0 Å². The average molecular weight is 238 g/mol. The maximum atomic E-state index is 10.7. The van der Waals surface area contributed by atoms with Gasteiger partial charge in [-0.15, -0.1) is 0 Å². The zero-order chi connectivity index (χ0) is 11.6. The maximum Gasteiger partial charge on any atom is 0.330 e. The van der Waals surface area contributed by atoms with Crippen LogP contribution in [0.25, 0.3) is 0 Å². The second kappa shape index (κ2) is 7.96. The number of benzene rings is 1. The minimum absolute atomic E-state index is 0.264. The van der Waals surface area contributed by atoms with Gasteiger partial charge in [0.25, 0.3) is 0 Å². The van der Waals surface area contributed by atoms with Crippen LogP contribution in [0.15, 0.2) is 47.9 Å². The van der Waals surface area contributed by atoms with Gasteiger partial charge in [-0.25, -0.2) is 4.79 Å². The van der Waals surface area contributed by atoms with E-state index in [-0.39, 0.29) is 6.61 Å². The lowest BCUT2D eigenvalue weighted by Gasteiger charge is -2.04. The molecule has 0 heterocycles. The minimum Gasteiger partial charge on any atom is -0.460 e. The summed E-state index contributed by atoms with van der Waals surface area (Å²) in [7, 11) is 0. The Bertz CT molecular complexity index is 324. The van der Waals surface area contributed by atoms with E-state index >= 15 is 0 Å². The van der Waals surface area contributed by atoms with Crippen molar-refractivity contribution >= 4 is 17.7 Å². The van der Waals surface area contributed by atoms with Crippen molar-refractivity contribution in [2.45, 2.75) is 4.90 Å². The molecule has 4 heteroatoms. The van der Waals surface area contributed by atoms with Crippen LogP contribution in [-0.4, -0.2) is 25.1 Å². The number of rotatable bonds is 7. The van der Waals surface area contributed by atoms with E-state index in [1.807, 2.05) is 30.3 Å². The standard InChI is InChI=1S/C12H14O3S/c1-2-12(13)15-9-8-14-10-16-11-6-4-3-5-7-11/h2-7H,1,8-10H2. The Labute approximate surface area is 99.4 Å². The first-order chi connectivity index (χ1) is 7.83. The van der Waals surface area contributed by atoms with E-state index in [0.717, 1.165) is 11.0 Å². The summed E-state index contributed by atoms with van der Waals surface area (Å²) in [5.74, 6) is 0.134. The Morgan fingerprint density at radius 2 is 2.06 bits per heavy atom. The van der Waals surface area contributed by atoms with Crippen molar-refractivity contribution in [3.05, 3.63) is 43.0 Å². The smallest absolute Gasteiger partial charge is 0.330 e. The van der Waals surface area contributed by atoms with E-state index < -0.39 is 5.97 Å². The Morgan fingerprint density at radius 3 is 2.75 bits per heavy atom. The number of esters is 1. The quantitative estimate of drug-likeness (QED) is 0.240. The summed E-state index contributed by atoms with van der Waals surface area (Å²) in [6, 6.07) is 9.97. The molecule has 0 aliphatic heterocycles. The fourth-order valence-corrected chi connectivity index (χ4v) is 1.63. The van der Waals surface area contributed by atoms with Crippen LogP contribution in [-0.2, 0) is 14.3 Å². The van der Waals surface area contributed by atoms with Crippen LogP contribution in [0.3, 0.4) is 0 Å². The molecule has 1 aromatic rings. The summed E-state index contributed by atoms with van der Waals surface area (Å²) in [5, 5.41) is 0. The fourth-order valence-electron chi connectivity index (χ4n) is 0.945. The van der Waals surface area contributed by atoms with Gasteiger partial charge in [0.05, 0.1) is 12.5 Å². The summed E-state index contributed by atoms with van der Waals surface area (Å²) < 4.78 is 10.0. The molecule has 0 N–H and O–H groups in total. The van der Waals surface area contributed by atoms with E-state index in [2.05, 4.69) is 6.58 Å². The van der Waals surface area contributed by atoms with E-state index in [4.69, 9.17) is 9.47 Å². The van der Waals surface area contributed by atoms with Crippen molar-refractivity contribution in [2.24, 2.45) is 0 Å². The molecule has 3 nitrogen and oxygen atoms in total. The third kappa shape index (κ3) is 5.58. The van der Waals surface area contributed by atoms with Crippen LogP contribution in [0.2, 0.25) is 0 Å². The predicted molar refractivity (Wildman–Crippen MR) is 64.3 cm³/mol. The topological polar surface area (TPSA) is 35.5 Å². The van der Waals surface area contributed by atoms with Crippen molar-refractivity contribution < 1.29 is 14.3 Å². The first-order valence-corrected chi connectivity index (χ1v) is 5.86. The van der Waals surface area contributed by atoms with Crippen LogP contribution >= 0.6 is 11.8 Å². The Morgan fingerprint density at radius 1 is 1.31 bits per heavy atom. The second-order valence-electron chi connectivity index (χ2n) is 2.86. The molecule has 0 aromatic heterocycles. The summed E-state index contributed by atoms with van der Waals surface area (Å²) in [5.41, 5.74) is 0. The highest BCUT2D eigenvalue weighted by molar-refractivity contribution is 7.99. The molecule has 1 aromatic carbocycles. The van der Waals surface area contributed by atoms with E-state index in [1.54, 1.807) is 11.8 Å². The molecule has 0 unspecified atom stereocenters. The van der Waals surface area contributed by atoms with Gasteiger partial charge in [-0.2, -0.15) is 0 Å². The Kier molecular flexibility index (Phi) is 6.37. The van der Waals surface area contributed by atoms with Gasteiger partial charge in [-0.05, 0) is 12.1 Å². The molecule has 0 saturated heterocycles.